The molecule has 0 bridgehead atoms. The first kappa shape index (κ1) is 18.4. The average molecular weight is 351 g/mol. The van der Waals surface area contributed by atoms with Crippen molar-refractivity contribution in [3.8, 4) is 0 Å². The van der Waals surface area contributed by atoms with Gasteiger partial charge in [-0.3, -0.25) is 19.7 Å². The summed E-state index contributed by atoms with van der Waals surface area (Å²) in [6.07, 6.45) is -1.18. The molecule has 1 saturated heterocycles. The molecule has 2 rings (SSSR count). The molecule has 1 aromatic carbocycles. The third-order valence-electron chi connectivity index (χ3n) is 3.63. The molecule has 4 amide bonds. The fourth-order valence-corrected chi connectivity index (χ4v) is 2.20. The standard InChI is InChI=1S/C16H18FN3O5/c1-8-3-4-10(17)7-12(8)18-14(22)9(2)25-13(21)6-5-11-15(23)20-16(24)19-11/h3-4,7,9,11H,5-6H2,1-2H3,(H,18,22)(H2,19,20,23,24). The van der Waals surface area contributed by atoms with Crippen molar-refractivity contribution in [2.24, 2.45) is 0 Å². The largest absolute Gasteiger partial charge is 0.453 e. The molecule has 9 heteroatoms. The Morgan fingerprint density at radius 1 is 1.36 bits per heavy atom. The van der Waals surface area contributed by atoms with Gasteiger partial charge < -0.3 is 15.4 Å². The lowest BCUT2D eigenvalue weighted by molar-refractivity contribution is -0.153. The maximum atomic E-state index is 13.2. The fraction of sp³-hybridized carbons (Fsp3) is 0.375. The number of benzene rings is 1. The number of amides is 4. The van der Waals surface area contributed by atoms with E-state index in [4.69, 9.17) is 4.74 Å². The highest BCUT2D eigenvalue weighted by Crippen LogP contribution is 2.16. The molecule has 0 radical (unpaired) electrons. The molecule has 1 fully saturated rings. The molecule has 0 aliphatic carbocycles. The highest BCUT2D eigenvalue weighted by Gasteiger charge is 2.30. The van der Waals surface area contributed by atoms with Crippen LogP contribution in [0.25, 0.3) is 0 Å². The maximum Gasteiger partial charge on any atom is 0.322 e. The highest BCUT2D eigenvalue weighted by atomic mass is 19.1. The minimum Gasteiger partial charge on any atom is -0.453 e. The number of carbonyl (C=O) groups is 4. The topological polar surface area (TPSA) is 114 Å². The summed E-state index contributed by atoms with van der Waals surface area (Å²) in [6.45, 7) is 3.08. The maximum absolute atomic E-state index is 13.2. The van der Waals surface area contributed by atoms with Gasteiger partial charge in [0.15, 0.2) is 6.10 Å². The first-order valence-corrected chi connectivity index (χ1v) is 7.64. The molecule has 1 aromatic rings. The molecule has 1 aliphatic heterocycles. The number of urea groups is 1. The summed E-state index contributed by atoms with van der Waals surface area (Å²) in [5.74, 6) is -2.30. The van der Waals surface area contributed by atoms with Crippen molar-refractivity contribution >= 4 is 29.5 Å². The molecule has 2 unspecified atom stereocenters. The summed E-state index contributed by atoms with van der Waals surface area (Å²) in [7, 11) is 0. The number of halogens is 1. The zero-order valence-corrected chi connectivity index (χ0v) is 13.7. The molecule has 0 aromatic heterocycles. The Morgan fingerprint density at radius 2 is 2.08 bits per heavy atom. The normalized spacial score (nSPS) is 17.5. The zero-order valence-electron chi connectivity index (χ0n) is 13.7. The van der Waals surface area contributed by atoms with E-state index in [0.29, 0.717) is 11.3 Å². The SMILES string of the molecule is Cc1ccc(F)cc1NC(=O)C(C)OC(=O)CCC1NC(=O)NC1=O. The lowest BCUT2D eigenvalue weighted by atomic mass is 10.1. The van der Waals surface area contributed by atoms with Gasteiger partial charge in [-0.2, -0.15) is 0 Å². The number of hydrogen-bond acceptors (Lipinski definition) is 5. The smallest absolute Gasteiger partial charge is 0.322 e. The third kappa shape index (κ3) is 5.00. The second kappa shape index (κ2) is 7.73. The van der Waals surface area contributed by atoms with Crippen LogP contribution in [0.2, 0.25) is 0 Å². The van der Waals surface area contributed by atoms with Gasteiger partial charge in [0, 0.05) is 12.1 Å². The van der Waals surface area contributed by atoms with Gasteiger partial charge in [-0.25, -0.2) is 9.18 Å². The molecule has 1 aliphatic rings. The number of nitrogens with one attached hydrogen (secondary N) is 3. The number of ether oxygens (including phenoxy) is 1. The molecule has 8 nitrogen and oxygen atoms in total. The number of carbonyl (C=O) groups excluding carboxylic acids is 4. The quantitative estimate of drug-likeness (QED) is 0.522. The minimum atomic E-state index is -1.10. The third-order valence-corrected chi connectivity index (χ3v) is 3.63. The number of rotatable bonds is 6. The van der Waals surface area contributed by atoms with Crippen LogP contribution in [0, 0.1) is 12.7 Å². The summed E-state index contributed by atoms with van der Waals surface area (Å²) in [5, 5.41) is 6.90. The minimum absolute atomic E-state index is 0.0632. The molecule has 3 N–H and O–H groups in total. The van der Waals surface area contributed by atoms with Crippen LogP contribution in [-0.4, -0.2) is 36.0 Å². The Balaban J connectivity index is 1.82. The lowest BCUT2D eigenvalue weighted by Crippen LogP contribution is -2.32. The van der Waals surface area contributed by atoms with Crippen LogP contribution in [0.15, 0.2) is 18.2 Å². The summed E-state index contributed by atoms with van der Waals surface area (Å²) < 4.78 is 18.2. The number of hydrogen-bond donors (Lipinski definition) is 3. The molecule has 0 saturated carbocycles. The van der Waals surface area contributed by atoms with Crippen LogP contribution in [0.1, 0.15) is 25.3 Å². The number of aryl methyl sites for hydroxylation is 1. The van der Waals surface area contributed by atoms with Crippen molar-refractivity contribution in [3.05, 3.63) is 29.6 Å². The Kier molecular flexibility index (Phi) is 5.68. The second-order valence-corrected chi connectivity index (χ2v) is 5.63. The van der Waals surface area contributed by atoms with E-state index in [-0.39, 0.29) is 12.8 Å². The van der Waals surface area contributed by atoms with E-state index in [0.717, 1.165) is 0 Å². The van der Waals surface area contributed by atoms with E-state index >= 15 is 0 Å². The molecular formula is C16H18FN3O5. The van der Waals surface area contributed by atoms with Crippen LogP contribution in [0.4, 0.5) is 14.9 Å². The second-order valence-electron chi connectivity index (χ2n) is 5.63. The summed E-state index contributed by atoms with van der Waals surface area (Å²) in [5.41, 5.74) is 0.953. The predicted molar refractivity (Wildman–Crippen MR) is 85.0 cm³/mol. The van der Waals surface area contributed by atoms with Crippen LogP contribution in [-0.2, 0) is 19.1 Å². The van der Waals surface area contributed by atoms with Gasteiger partial charge in [-0.15, -0.1) is 0 Å². The van der Waals surface area contributed by atoms with Gasteiger partial charge in [0.25, 0.3) is 11.8 Å². The lowest BCUT2D eigenvalue weighted by Gasteiger charge is -2.15. The Morgan fingerprint density at radius 3 is 2.72 bits per heavy atom. The Labute approximate surface area is 143 Å². The van der Waals surface area contributed by atoms with Crippen LogP contribution in [0.5, 0.6) is 0 Å². The van der Waals surface area contributed by atoms with Crippen molar-refractivity contribution in [3.63, 3.8) is 0 Å². The number of anilines is 1. The van der Waals surface area contributed by atoms with Gasteiger partial charge in [-0.05, 0) is 38.0 Å². The summed E-state index contributed by atoms with van der Waals surface area (Å²) in [4.78, 5) is 46.1. The Hall–Kier alpha value is -2.97. The predicted octanol–water partition coefficient (Wildman–Crippen LogP) is 0.993. The van der Waals surface area contributed by atoms with Crippen LogP contribution in [0.3, 0.4) is 0 Å². The molecule has 134 valence electrons. The average Bonchev–Trinajstić information content (AvgIpc) is 2.86. The Bertz CT molecular complexity index is 722. The molecule has 0 spiro atoms. The monoisotopic (exact) mass is 351 g/mol. The van der Waals surface area contributed by atoms with Gasteiger partial charge in [0.1, 0.15) is 11.9 Å². The van der Waals surface area contributed by atoms with Crippen molar-refractivity contribution in [1.82, 2.24) is 10.6 Å². The van der Waals surface area contributed by atoms with E-state index < -0.39 is 41.8 Å². The summed E-state index contributed by atoms with van der Waals surface area (Å²) >= 11 is 0. The highest BCUT2D eigenvalue weighted by molar-refractivity contribution is 6.04. The molecule has 25 heavy (non-hydrogen) atoms. The van der Waals surface area contributed by atoms with Crippen LogP contribution < -0.4 is 16.0 Å². The molecule has 2 atom stereocenters. The van der Waals surface area contributed by atoms with Gasteiger partial charge in [0.05, 0.1) is 0 Å². The van der Waals surface area contributed by atoms with Gasteiger partial charge in [-0.1, -0.05) is 6.07 Å². The summed E-state index contributed by atoms with van der Waals surface area (Å²) in [6, 6.07) is 2.55. The van der Waals surface area contributed by atoms with Crippen molar-refractivity contribution in [2.45, 2.75) is 38.8 Å². The van der Waals surface area contributed by atoms with Crippen molar-refractivity contribution < 1.29 is 28.3 Å². The van der Waals surface area contributed by atoms with Crippen LogP contribution >= 0.6 is 0 Å². The number of imide groups is 1. The zero-order chi connectivity index (χ0) is 18.6. The molecular weight excluding hydrogens is 333 g/mol. The van der Waals surface area contributed by atoms with E-state index in [1.165, 1.54) is 25.1 Å². The van der Waals surface area contributed by atoms with Crippen molar-refractivity contribution in [2.75, 3.05) is 5.32 Å². The van der Waals surface area contributed by atoms with Gasteiger partial charge in [0.2, 0.25) is 0 Å². The van der Waals surface area contributed by atoms with E-state index in [1.54, 1.807) is 6.92 Å². The first-order valence-electron chi connectivity index (χ1n) is 7.64. The first-order chi connectivity index (χ1) is 11.8. The van der Waals surface area contributed by atoms with E-state index in [1.807, 2.05) is 0 Å². The van der Waals surface area contributed by atoms with Gasteiger partial charge >= 0.3 is 12.0 Å². The number of esters is 1. The molecule has 1 heterocycles. The van der Waals surface area contributed by atoms with E-state index in [2.05, 4.69) is 16.0 Å². The van der Waals surface area contributed by atoms with E-state index in [9.17, 15) is 23.6 Å². The van der Waals surface area contributed by atoms with Crippen molar-refractivity contribution in [1.29, 1.82) is 0 Å². The fourth-order valence-electron chi connectivity index (χ4n) is 2.20.